The molecule has 11 heteroatoms. The van der Waals surface area contributed by atoms with Crippen LogP contribution in [-0.2, 0) is 16.6 Å². The minimum Gasteiger partial charge on any atom is -0.464 e. The summed E-state index contributed by atoms with van der Waals surface area (Å²) in [5.41, 5.74) is 1.12. The highest BCUT2D eigenvalue weighted by Crippen LogP contribution is 2.36. The van der Waals surface area contributed by atoms with Crippen LogP contribution in [0.5, 0.6) is 0 Å². The van der Waals surface area contributed by atoms with Crippen molar-refractivity contribution < 1.29 is 23.1 Å². The number of esters is 1. The number of nitrogens with one attached hydrogen (secondary N) is 1. The fourth-order valence-electron chi connectivity index (χ4n) is 3.08. The molecule has 4 aromatic rings. The van der Waals surface area contributed by atoms with Gasteiger partial charge in [0.15, 0.2) is 11.0 Å². The fraction of sp³-hybridized carbons (Fsp3) is 0.182. The molecule has 0 atom stereocenters. The van der Waals surface area contributed by atoms with Crippen molar-refractivity contribution in [1.82, 2.24) is 14.8 Å². The molecule has 1 N–H and O–H groups in total. The standard InChI is InChI=1S/C22H19FN4O4S2/c1-3-30-21(29)18-14(16-9-6-10-31-16)11-32-20(18)24-17(28)12-33-22-26-25-19(27(22)2)13-7-4-5-8-15(13)23/h4-11H,3,12H2,1-2H3,(H,24,28). The average Bonchev–Trinajstić information content (AvgIpc) is 3.53. The Morgan fingerprint density at radius 3 is 2.76 bits per heavy atom. The largest absolute Gasteiger partial charge is 0.464 e. The van der Waals surface area contributed by atoms with E-state index in [9.17, 15) is 14.0 Å². The summed E-state index contributed by atoms with van der Waals surface area (Å²) in [6.07, 6.45) is 1.51. The van der Waals surface area contributed by atoms with Gasteiger partial charge in [0.25, 0.3) is 0 Å². The van der Waals surface area contributed by atoms with Gasteiger partial charge in [-0.3, -0.25) is 4.79 Å². The van der Waals surface area contributed by atoms with E-state index in [4.69, 9.17) is 9.15 Å². The highest BCUT2D eigenvalue weighted by atomic mass is 32.2. The van der Waals surface area contributed by atoms with Crippen LogP contribution in [0.25, 0.3) is 22.7 Å². The monoisotopic (exact) mass is 486 g/mol. The van der Waals surface area contributed by atoms with Crippen LogP contribution in [-0.4, -0.2) is 39.0 Å². The Labute approximate surface area is 196 Å². The Hall–Kier alpha value is -3.44. The lowest BCUT2D eigenvalue weighted by Crippen LogP contribution is -2.16. The van der Waals surface area contributed by atoms with E-state index in [1.807, 2.05) is 0 Å². The SMILES string of the molecule is CCOC(=O)c1c(-c2ccco2)csc1NC(=O)CSc1nnc(-c2ccccc2F)n1C. The highest BCUT2D eigenvalue weighted by Gasteiger charge is 2.24. The number of furan rings is 1. The smallest absolute Gasteiger partial charge is 0.341 e. The summed E-state index contributed by atoms with van der Waals surface area (Å²) in [6.45, 7) is 1.91. The Kier molecular flexibility index (Phi) is 6.90. The molecule has 33 heavy (non-hydrogen) atoms. The van der Waals surface area contributed by atoms with Crippen LogP contribution in [0.15, 0.2) is 57.6 Å². The summed E-state index contributed by atoms with van der Waals surface area (Å²) >= 11 is 2.36. The van der Waals surface area contributed by atoms with Gasteiger partial charge in [-0.05, 0) is 31.2 Å². The number of benzene rings is 1. The Bertz CT molecular complexity index is 1280. The van der Waals surface area contributed by atoms with Gasteiger partial charge in [0, 0.05) is 18.0 Å². The van der Waals surface area contributed by atoms with Crippen molar-refractivity contribution in [2.24, 2.45) is 7.05 Å². The van der Waals surface area contributed by atoms with Gasteiger partial charge in [-0.25, -0.2) is 9.18 Å². The van der Waals surface area contributed by atoms with E-state index < -0.39 is 11.8 Å². The first-order valence-electron chi connectivity index (χ1n) is 9.89. The maximum Gasteiger partial charge on any atom is 0.341 e. The zero-order valence-corrected chi connectivity index (χ0v) is 19.3. The molecule has 0 aliphatic heterocycles. The molecule has 0 spiro atoms. The van der Waals surface area contributed by atoms with Crippen LogP contribution >= 0.6 is 23.1 Å². The van der Waals surface area contributed by atoms with E-state index in [1.54, 1.807) is 54.3 Å². The number of nitrogens with zero attached hydrogens (tertiary/aromatic N) is 3. The maximum absolute atomic E-state index is 14.1. The maximum atomic E-state index is 14.1. The number of ether oxygens (including phenoxy) is 1. The third-order valence-corrected chi connectivity index (χ3v) is 6.51. The van der Waals surface area contributed by atoms with Gasteiger partial charge in [0.2, 0.25) is 5.91 Å². The summed E-state index contributed by atoms with van der Waals surface area (Å²) in [6, 6.07) is 9.73. The number of halogens is 1. The Balaban J connectivity index is 1.48. The fourth-order valence-corrected chi connectivity index (χ4v) is 4.74. The van der Waals surface area contributed by atoms with Gasteiger partial charge in [-0.2, -0.15) is 0 Å². The first kappa shape index (κ1) is 22.7. The van der Waals surface area contributed by atoms with Crippen LogP contribution in [0, 0.1) is 5.82 Å². The lowest BCUT2D eigenvalue weighted by Gasteiger charge is -2.08. The second-order valence-electron chi connectivity index (χ2n) is 6.73. The molecule has 170 valence electrons. The normalized spacial score (nSPS) is 10.9. The summed E-state index contributed by atoms with van der Waals surface area (Å²) in [4.78, 5) is 25.2. The lowest BCUT2D eigenvalue weighted by atomic mass is 10.1. The molecule has 0 radical (unpaired) electrons. The van der Waals surface area contributed by atoms with E-state index >= 15 is 0 Å². The predicted octanol–water partition coefficient (Wildman–Crippen LogP) is 4.85. The molecule has 4 rings (SSSR count). The number of anilines is 1. The first-order valence-corrected chi connectivity index (χ1v) is 11.8. The van der Waals surface area contributed by atoms with Crippen LogP contribution < -0.4 is 5.32 Å². The number of thioether (sulfide) groups is 1. The average molecular weight is 487 g/mol. The zero-order valence-electron chi connectivity index (χ0n) is 17.7. The number of aromatic nitrogens is 3. The molecule has 0 unspecified atom stereocenters. The van der Waals surface area contributed by atoms with Crippen LogP contribution in [0.1, 0.15) is 17.3 Å². The molecule has 0 bridgehead atoms. The van der Waals surface area contributed by atoms with Gasteiger partial charge in [0.1, 0.15) is 22.1 Å². The van der Waals surface area contributed by atoms with Crippen molar-refractivity contribution >= 4 is 40.0 Å². The van der Waals surface area contributed by atoms with E-state index in [0.717, 1.165) is 11.8 Å². The van der Waals surface area contributed by atoms with Gasteiger partial charge in [0.05, 0.1) is 24.2 Å². The Morgan fingerprint density at radius 1 is 1.21 bits per heavy atom. The molecule has 0 aliphatic carbocycles. The van der Waals surface area contributed by atoms with Crippen molar-refractivity contribution in [2.75, 3.05) is 17.7 Å². The molecule has 0 saturated heterocycles. The van der Waals surface area contributed by atoms with Gasteiger partial charge in [-0.1, -0.05) is 23.9 Å². The van der Waals surface area contributed by atoms with Crippen LogP contribution in [0.4, 0.5) is 9.39 Å². The van der Waals surface area contributed by atoms with Crippen molar-refractivity contribution in [3.05, 3.63) is 59.4 Å². The number of amides is 1. The van der Waals surface area contributed by atoms with Crippen molar-refractivity contribution in [1.29, 1.82) is 0 Å². The quantitative estimate of drug-likeness (QED) is 0.281. The highest BCUT2D eigenvalue weighted by molar-refractivity contribution is 7.99. The summed E-state index contributed by atoms with van der Waals surface area (Å²) in [5.74, 6) is -0.408. The number of thiophene rings is 1. The van der Waals surface area contributed by atoms with E-state index in [-0.39, 0.29) is 23.8 Å². The predicted molar refractivity (Wildman–Crippen MR) is 124 cm³/mol. The van der Waals surface area contributed by atoms with Crippen molar-refractivity contribution in [2.45, 2.75) is 12.1 Å². The van der Waals surface area contributed by atoms with Gasteiger partial charge < -0.3 is 19.0 Å². The molecule has 1 aromatic carbocycles. The summed E-state index contributed by atoms with van der Waals surface area (Å²) < 4.78 is 26.3. The lowest BCUT2D eigenvalue weighted by molar-refractivity contribution is -0.113. The molecule has 0 aliphatic rings. The van der Waals surface area contributed by atoms with E-state index in [1.165, 1.54) is 23.7 Å². The number of rotatable bonds is 8. The molecule has 8 nitrogen and oxygen atoms in total. The van der Waals surface area contributed by atoms with E-state index in [2.05, 4.69) is 15.5 Å². The number of hydrogen-bond acceptors (Lipinski definition) is 8. The minimum atomic E-state index is -0.545. The van der Waals surface area contributed by atoms with Crippen molar-refractivity contribution in [3.63, 3.8) is 0 Å². The van der Waals surface area contributed by atoms with Gasteiger partial charge >= 0.3 is 5.97 Å². The minimum absolute atomic E-state index is 0.0134. The zero-order chi connectivity index (χ0) is 23.4. The molecule has 3 heterocycles. The topological polar surface area (TPSA) is 99.2 Å². The molecule has 0 saturated carbocycles. The summed E-state index contributed by atoms with van der Waals surface area (Å²) in [7, 11) is 1.70. The second kappa shape index (κ2) is 10.0. The first-order chi connectivity index (χ1) is 16.0. The molecule has 0 fully saturated rings. The molecule has 3 aromatic heterocycles. The van der Waals surface area contributed by atoms with Crippen LogP contribution in [0.3, 0.4) is 0 Å². The summed E-state index contributed by atoms with van der Waals surface area (Å²) in [5, 5.41) is 13.4. The van der Waals surface area contributed by atoms with E-state index in [0.29, 0.717) is 32.9 Å². The second-order valence-corrected chi connectivity index (χ2v) is 8.56. The molecule has 1 amide bonds. The third-order valence-electron chi connectivity index (χ3n) is 4.59. The number of hydrogen-bond donors (Lipinski definition) is 1. The molecular weight excluding hydrogens is 467 g/mol. The van der Waals surface area contributed by atoms with Crippen molar-refractivity contribution in [3.8, 4) is 22.7 Å². The third kappa shape index (κ3) is 4.83. The number of carbonyl (C=O) groups is 2. The van der Waals surface area contributed by atoms with Gasteiger partial charge in [-0.15, -0.1) is 21.5 Å². The van der Waals surface area contributed by atoms with Crippen LogP contribution in [0.2, 0.25) is 0 Å². The Morgan fingerprint density at radius 2 is 2.03 bits per heavy atom. The number of carbonyl (C=O) groups excluding carboxylic acids is 2. The molecular formula is C22H19FN4O4S2.